The van der Waals surface area contributed by atoms with Crippen LogP contribution in [0.3, 0.4) is 0 Å². The lowest BCUT2D eigenvalue weighted by Gasteiger charge is -2.17. The topological polar surface area (TPSA) is 46.1 Å². The molecule has 0 N–H and O–H groups in total. The number of benzene rings is 2. The summed E-state index contributed by atoms with van der Waals surface area (Å²) in [6.07, 6.45) is 4.30. The fourth-order valence-corrected chi connectivity index (χ4v) is 2.54. The van der Waals surface area contributed by atoms with Crippen molar-refractivity contribution in [1.82, 2.24) is 14.9 Å². The molecule has 0 aliphatic heterocycles. The fourth-order valence-electron chi connectivity index (χ4n) is 2.54. The summed E-state index contributed by atoms with van der Waals surface area (Å²) in [6.45, 7) is 2.72. The zero-order chi connectivity index (χ0) is 16.2. The number of carbonyl (C=O) groups is 1. The van der Waals surface area contributed by atoms with Gasteiger partial charge in [-0.05, 0) is 35.7 Å². The van der Waals surface area contributed by atoms with Crippen LogP contribution < -0.4 is 0 Å². The summed E-state index contributed by atoms with van der Waals surface area (Å²) in [5.74, 6) is -0.0166. The molecule has 116 valence electrons. The Morgan fingerprint density at radius 3 is 2.30 bits per heavy atom. The quantitative estimate of drug-likeness (QED) is 0.741. The molecule has 0 unspecified atom stereocenters. The smallest absolute Gasteiger partial charge is 0.253 e. The Labute approximate surface area is 135 Å². The Morgan fingerprint density at radius 2 is 1.61 bits per heavy atom. The first-order valence-corrected chi connectivity index (χ1v) is 7.71. The summed E-state index contributed by atoms with van der Waals surface area (Å²) in [6, 6.07) is 13.8. The van der Waals surface area contributed by atoms with E-state index >= 15 is 0 Å². The summed E-state index contributed by atoms with van der Waals surface area (Å²) < 4.78 is 0. The lowest BCUT2D eigenvalue weighted by Crippen LogP contribution is -2.26. The van der Waals surface area contributed by atoms with Crippen LogP contribution in [-0.4, -0.2) is 27.8 Å². The fraction of sp³-hybridized carbons (Fsp3) is 0.211. The third-order valence-corrected chi connectivity index (χ3v) is 3.91. The summed E-state index contributed by atoms with van der Waals surface area (Å²) in [5.41, 5.74) is 4.58. The normalized spacial score (nSPS) is 10.7. The minimum absolute atomic E-state index is 0.0166. The van der Waals surface area contributed by atoms with E-state index in [4.69, 9.17) is 0 Å². The van der Waals surface area contributed by atoms with Gasteiger partial charge in [-0.15, -0.1) is 0 Å². The number of rotatable bonds is 4. The predicted octanol–water partition coefficient (Wildman–Crippen LogP) is 3.46. The van der Waals surface area contributed by atoms with E-state index in [1.54, 1.807) is 29.4 Å². The van der Waals surface area contributed by atoms with Gasteiger partial charge in [0.15, 0.2) is 0 Å². The van der Waals surface area contributed by atoms with Gasteiger partial charge < -0.3 is 4.90 Å². The van der Waals surface area contributed by atoms with E-state index in [9.17, 15) is 4.79 Å². The third-order valence-electron chi connectivity index (χ3n) is 3.91. The Balaban J connectivity index is 1.77. The Kier molecular flexibility index (Phi) is 4.33. The number of aryl methyl sites for hydroxylation is 1. The molecule has 4 heteroatoms. The number of hydrogen-bond donors (Lipinski definition) is 0. The molecule has 0 bridgehead atoms. The van der Waals surface area contributed by atoms with Crippen molar-refractivity contribution in [2.24, 2.45) is 0 Å². The zero-order valence-electron chi connectivity index (χ0n) is 13.4. The Hall–Kier alpha value is -2.75. The molecule has 2 aromatic carbocycles. The summed E-state index contributed by atoms with van der Waals surface area (Å²) in [5, 5.41) is 0. The van der Waals surface area contributed by atoms with Crippen molar-refractivity contribution in [2.45, 2.75) is 19.9 Å². The van der Waals surface area contributed by atoms with Gasteiger partial charge >= 0.3 is 0 Å². The molecular weight excluding hydrogens is 286 g/mol. The number of hydrogen-bond acceptors (Lipinski definition) is 3. The zero-order valence-corrected chi connectivity index (χ0v) is 13.4. The molecule has 0 aliphatic rings. The number of aromatic nitrogens is 2. The van der Waals surface area contributed by atoms with E-state index in [1.807, 2.05) is 13.1 Å². The van der Waals surface area contributed by atoms with Gasteiger partial charge in [0, 0.05) is 31.5 Å². The van der Waals surface area contributed by atoms with Crippen LogP contribution in [0.25, 0.3) is 11.0 Å². The van der Waals surface area contributed by atoms with Crippen LogP contribution in [0.5, 0.6) is 0 Å². The van der Waals surface area contributed by atoms with E-state index < -0.39 is 0 Å². The summed E-state index contributed by atoms with van der Waals surface area (Å²) >= 11 is 0. The second kappa shape index (κ2) is 6.57. The lowest BCUT2D eigenvalue weighted by atomic mass is 10.1. The maximum absolute atomic E-state index is 12.6. The van der Waals surface area contributed by atoms with Gasteiger partial charge in [-0.25, -0.2) is 0 Å². The van der Waals surface area contributed by atoms with Crippen molar-refractivity contribution in [3.05, 3.63) is 71.5 Å². The Morgan fingerprint density at radius 1 is 0.957 bits per heavy atom. The monoisotopic (exact) mass is 305 g/mol. The van der Waals surface area contributed by atoms with Gasteiger partial charge in [-0.2, -0.15) is 0 Å². The molecule has 3 aromatic rings. The summed E-state index contributed by atoms with van der Waals surface area (Å²) in [7, 11) is 1.82. The highest BCUT2D eigenvalue weighted by Crippen LogP contribution is 2.14. The molecule has 0 saturated carbocycles. The highest BCUT2D eigenvalue weighted by molar-refractivity contribution is 5.97. The van der Waals surface area contributed by atoms with Crippen LogP contribution >= 0.6 is 0 Å². The van der Waals surface area contributed by atoms with Gasteiger partial charge in [0.1, 0.15) is 0 Å². The molecule has 0 aliphatic carbocycles. The van der Waals surface area contributed by atoms with Crippen LogP contribution in [0.4, 0.5) is 0 Å². The first kappa shape index (κ1) is 15.2. The minimum atomic E-state index is -0.0166. The largest absolute Gasteiger partial charge is 0.337 e. The van der Waals surface area contributed by atoms with Crippen LogP contribution in [0, 0.1) is 0 Å². The number of carbonyl (C=O) groups excluding carboxylic acids is 1. The van der Waals surface area contributed by atoms with E-state index in [0.717, 1.165) is 23.0 Å². The summed E-state index contributed by atoms with van der Waals surface area (Å²) in [4.78, 5) is 22.8. The van der Waals surface area contributed by atoms with Crippen molar-refractivity contribution in [1.29, 1.82) is 0 Å². The van der Waals surface area contributed by atoms with Crippen molar-refractivity contribution in [3.63, 3.8) is 0 Å². The van der Waals surface area contributed by atoms with Crippen LogP contribution in [0.2, 0.25) is 0 Å². The number of nitrogens with zero attached hydrogens (tertiary/aromatic N) is 3. The average molecular weight is 305 g/mol. The number of fused-ring (bicyclic) bond motifs is 1. The maximum atomic E-state index is 12.6. The highest BCUT2D eigenvalue weighted by atomic mass is 16.2. The van der Waals surface area contributed by atoms with Gasteiger partial charge in [-0.3, -0.25) is 14.8 Å². The maximum Gasteiger partial charge on any atom is 0.253 e. The molecule has 0 fully saturated rings. The van der Waals surface area contributed by atoms with Crippen molar-refractivity contribution >= 4 is 16.9 Å². The van der Waals surface area contributed by atoms with Gasteiger partial charge in [0.25, 0.3) is 5.91 Å². The molecule has 1 aromatic heterocycles. The second-order valence-electron chi connectivity index (χ2n) is 5.59. The number of amides is 1. The van der Waals surface area contributed by atoms with Gasteiger partial charge in [0.05, 0.1) is 11.0 Å². The standard InChI is InChI=1S/C19H19N3O/c1-3-14-4-6-15(7-5-14)13-22(2)19(23)16-8-9-17-18(12-16)21-11-10-20-17/h4-12H,3,13H2,1-2H3. The van der Waals surface area contributed by atoms with Crippen molar-refractivity contribution in [2.75, 3.05) is 7.05 Å². The first-order chi connectivity index (χ1) is 11.2. The molecule has 23 heavy (non-hydrogen) atoms. The molecule has 0 spiro atoms. The molecular formula is C19H19N3O. The molecule has 0 radical (unpaired) electrons. The average Bonchev–Trinajstić information content (AvgIpc) is 2.61. The third kappa shape index (κ3) is 3.37. The van der Waals surface area contributed by atoms with E-state index in [2.05, 4.69) is 41.2 Å². The highest BCUT2D eigenvalue weighted by Gasteiger charge is 2.13. The van der Waals surface area contributed by atoms with Crippen molar-refractivity contribution in [3.8, 4) is 0 Å². The molecule has 3 rings (SSSR count). The van der Waals surface area contributed by atoms with Crippen LogP contribution in [0.1, 0.15) is 28.4 Å². The Bertz CT molecular complexity index is 827. The van der Waals surface area contributed by atoms with Crippen LogP contribution in [0.15, 0.2) is 54.9 Å². The lowest BCUT2D eigenvalue weighted by molar-refractivity contribution is 0.0785. The van der Waals surface area contributed by atoms with E-state index in [1.165, 1.54) is 5.56 Å². The SMILES string of the molecule is CCc1ccc(CN(C)C(=O)c2ccc3nccnc3c2)cc1. The van der Waals surface area contributed by atoms with Crippen molar-refractivity contribution < 1.29 is 4.79 Å². The molecule has 0 saturated heterocycles. The first-order valence-electron chi connectivity index (χ1n) is 7.71. The molecule has 4 nitrogen and oxygen atoms in total. The second-order valence-corrected chi connectivity index (χ2v) is 5.59. The van der Waals surface area contributed by atoms with Crippen LogP contribution in [-0.2, 0) is 13.0 Å². The van der Waals surface area contributed by atoms with E-state index in [0.29, 0.717) is 12.1 Å². The molecule has 0 atom stereocenters. The van der Waals surface area contributed by atoms with Gasteiger partial charge in [0.2, 0.25) is 0 Å². The van der Waals surface area contributed by atoms with E-state index in [-0.39, 0.29) is 5.91 Å². The molecule has 1 amide bonds. The van der Waals surface area contributed by atoms with Gasteiger partial charge in [-0.1, -0.05) is 31.2 Å². The predicted molar refractivity (Wildman–Crippen MR) is 91.2 cm³/mol. The minimum Gasteiger partial charge on any atom is -0.337 e. The molecule has 1 heterocycles.